The van der Waals surface area contributed by atoms with Gasteiger partial charge >= 0.3 is 0 Å². The van der Waals surface area contributed by atoms with Crippen LogP contribution in [-0.4, -0.2) is 28.1 Å². The molecule has 2 amide bonds. The van der Waals surface area contributed by atoms with Crippen LogP contribution in [0.4, 0.5) is 5.82 Å². The maximum Gasteiger partial charge on any atom is 0.244 e. The molecule has 0 radical (unpaired) electrons. The summed E-state index contributed by atoms with van der Waals surface area (Å²) in [5.74, 6) is 0.277. The van der Waals surface area contributed by atoms with E-state index in [9.17, 15) is 9.59 Å². The lowest BCUT2D eigenvalue weighted by Gasteiger charge is -2.14. The SMILES string of the molecule is CCCCCCCCC(=O)NCC(=O)Nc1cc(C(C)(C)C)nn1-c1ccc(C)cc1C. The van der Waals surface area contributed by atoms with Gasteiger partial charge in [0.15, 0.2) is 0 Å². The molecule has 0 saturated carbocycles. The number of nitrogens with one attached hydrogen (secondary N) is 2. The molecule has 0 unspecified atom stereocenters. The lowest BCUT2D eigenvalue weighted by atomic mass is 9.92. The van der Waals surface area contributed by atoms with Crippen molar-refractivity contribution >= 4 is 17.6 Å². The first kappa shape index (κ1) is 25.6. The summed E-state index contributed by atoms with van der Waals surface area (Å²) in [6, 6.07) is 8.06. The van der Waals surface area contributed by atoms with Crippen LogP contribution in [-0.2, 0) is 15.0 Å². The molecular formula is C26H40N4O2. The maximum atomic E-state index is 12.6. The number of unbranched alkanes of at least 4 members (excludes halogenated alkanes) is 5. The molecule has 32 heavy (non-hydrogen) atoms. The molecular weight excluding hydrogens is 400 g/mol. The smallest absolute Gasteiger partial charge is 0.244 e. The molecule has 0 aliphatic rings. The van der Waals surface area contributed by atoms with Crippen LogP contribution in [0.2, 0.25) is 0 Å². The van der Waals surface area contributed by atoms with Crippen LogP contribution in [0.25, 0.3) is 5.69 Å². The van der Waals surface area contributed by atoms with E-state index < -0.39 is 0 Å². The van der Waals surface area contributed by atoms with E-state index in [1.165, 1.54) is 31.2 Å². The van der Waals surface area contributed by atoms with Gasteiger partial charge in [0.2, 0.25) is 11.8 Å². The first-order valence-electron chi connectivity index (χ1n) is 11.9. The fourth-order valence-electron chi connectivity index (χ4n) is 3.58. The molecule has 0 bridgehead atoms. The van der Waals surface area contributed by atoms with E-state index in [0.717, 1.165) is 29.8 Å². The van der Waals surface area contributed by atoms with Gasteiger partial charge in [-0.15, -0.1) is 0 Å². The van der Waals surface area contributed by atoms with E-state index >= 15 is 0 Å². The van der Waals surface area contributed by atoms with Crippen molar-refractivity contribution in [3.63, 3.8) is 0 Å². The Kier molecular flexibility index (Phi) is 9.48. The number of benzene rings is 1. The summed E-state index contributed by atoms with van der Waals surface area (Å²) in [6.45, 7) is 12.5. The van der Waals surface area contributed by atoms with Gasteiger partial charge in [-0.2, -0.15) is 5.10 Å². The fourth-order valence-corrected chi connectivity index (χ4v) is 3.58. The van der Waals surface area contributed by atoms with Crippen molar-refractivity contribution in [3.05, 3.63) is 41.1 Å². The minimum atomic E-state index is -0.257. The number of anilines is 1. The van der Waals surface area contributed by atoms with Gasteiger partial charge in [-0.05, 0) is 31.9 Å². The van der Waals surface area contributed by atoms with E-state index in [0.29, 0.717) is 12.2 Å². The van der Waals surface area contributed by atoms with Crippen molar-refractivity contribution in [3.8, 4) is 5.69 Å². The Hall–Kier alpha value is -2.63. The van der Waals surface area contributed by atoms with E-state index in [4.69, 9.17) is 5.10 Å². The lowest BCUT2D eigenvalue weighted by Crippen LogP contribution is -2.33. The third-order valence-corrected chi connectivity index (χ3v) is 5.53. The second-order valence-electron chi connectivity index (χ2n) is 9.71. The molecule has 2 rings (SSSR count). The van der Waals surface area contributed by atoms with Gasteiger partial charge in [0, 0.05) is 17.9 Å². The number of carbonyl (C=O) groups is 2. The zero-order valence-electron chi connectivity index (χ0n) is 20.7. The summed E-state index contributed by atoms with van der Waals surface area (Å²) in [5, 5.41) is 10.5. The van der Waals surface area contributed by atoms with Crippen molar-refractivity contribution in [2.24, 2.45) is 0 Å². The van der Waals surface area contributed by atoms with Crippen LogP contribution >= 0.6 is 0 Å². The average Bonchev–Trinajstić information content (AvgIpc) is 3.13. The van der Waals surface area contributed by atoms with E-state index in [2.05, 4.69) is 51.3 Å². The molecule has 6 nitrogen and oxygen atoms in total. The van der Waals surface area contributed by atoms with Crippen LogP contribution in [0, 0.1) is 13.8 Å². The molecule has 176 valence electrons. The maximum absolute atomic E-state index is 12.6. The quantitative estimate of drug-likeness (QED) is 0.447. The minimum Gasteiger partial charge on any atom is -0.347 e. The topological polar surface area (TPSA) is 76.0 Å². The summed E-state index contributed by atoms with van der Waals surface area (Å²) < 4.78 is 1.78. The molecule has 0 fully saturated rings. The standard InChI is InChI=1S/C26H40N4O2/c1-7-8-9-10-11-12-13-24(31)27-18-25(32)28-23-17-22(26(4,5)6)29-30(23)21-15-14-19(2)16-20(21)3/h14-17H,7-13,18H2,1-6H3,(H,27,31)(H,28,32). The highest BCUT2D eigenvalue weighted by atomic mass is 16.2. The second kappa shape index (κ2) is 11.8. The fraction of sp³-hybridized carbons (Fsp3) is 0.577. The normalized spacial score (nSPS) is 11.4. The summed E-state index contributed by atoms with van der Waals surface area (Å²) in [7, 11) is 0. The highest BCUT2D eigenvalue weighted by molar-refractivity contribution is 5.94. The highest BCUT2D eigenvalue weighted by Crippen LogP contribution is 2.27. The molecule has 2 aromatic rings. The zero-order chi connectivity index (χ0) is 23.7. The van der Waals surface area contributed by atoms with Crippen molar-refractivity contribution in [2.45, 2.75) is 91.9 Å². The van der Waals surface area contributed by atoms with Gasteiger partial charge in [0.25, 0.3) is 0 Å². The van der Waals surface area contributed by atoms with Gasteiger partial charge in [-0.3, -0.25) is 9.59 Å². The predicted octanol–water partition coefficient (Wildman–Crippen LogP) is 5.59. The molecule has 6 heteroatoms. The number of carbonyl (C=O) groups excluding carboxylic acids is 2. The predicted molar refractivity (Wildman–Crippen MR) is 131 cm³/mol. The van der Waals surface area contributed by atoms with Crippen molar-refractivity contribution < 1.29 is 9.59 Å². The van der Waals surface area contributed by atoms with Crippen LogP contribution in [0.3, 0.4) is 0 Å². The molecule has 0 aliphatic heterocycles. The molecule has 0 atom stereocenters. The summed E-state index contributed by atoms with van der Waals surface area (Å²) >= 11 is 0. The minimum absolute atomic E-state index is 0.0441. The van der Waals surface area contributed by atoms with Crippen LogP contribution < -0.4 is 10.6 Å². The summed E-state index contributed by atoms with van der Waals surface area (Å²) in [5.41, 5.74) is 3.91. The first-order chi connectivity index (χ1) is 15.1. The molecule has 1 aromatic carbocycles. The first-order valence-corrected chi connectivity index (χ1v) is 11.9. The Morgan fingerprint density at radius 3 is 2.31 bits per heavy atom. The average molecular weight is 441 g/mol. The monoisotopic (exact) mass is 440 g/mol. The zero-order valence-corrected chi connectivity index (χ0v) is 20.7. The third-order valence-electron chi connectivity index (χ3n) is 5.53. The van der Waals surface area contributed by atoms with Crippen molar-refractivity contribution in [1.82, 2.24) is 15.1 Å². The van der Waals surface area contributed by atoms with Crippen LogP contribution in [0.5, 0.6) is 0 Å². The van der Waals surface area contributed by atoms with Gasteiger partial charge in [0.05, 0.1) is 17.9 Å². The molecule has 0 aliphatic carbocycles. The lowest BCUT2D eigenvalue weighted by molar-refractivity contribution is -0.124. The Balaban J connectivity index is 1.99. The van der Waals surface area contributed by atoms with Crippen molar-refractivity contribution in [1.29, 1.82) is 0 Å². The number of hydrogen-bond donors (Lipinski definition) is 2. The molecule has 0 spiro atoms. The Labute approximate surface area is 193 Å². The van der Waals surface area contributed by atoms with Crippen LogP contribution in [0.1, 0.15) is 89.5 Å². The number of nitrogens with zero attached hydrogens (tertiary/aromatic N) is 2. The number of aryl methyl sites for hydroxylation is 2. The van der Waals surface area contributed by atoms with Gasteiger partial charge in [0.1, 0.15) is 5.82 Å². The highest BCUT2D eigenvalue weighted by Gasteiger charge is 2.22. The molecule has 2 N–H and O–H groups in total. The van der Waals surface area contributed by atoms with Crippen molar-refractivity contribution in [2.75, 3.05) is 11.9 Å². The van der Waals surface area contributed by atoms with Gasteiger partial charge in [-0.1, -0.05) is 77.5 Å². The molecule has 1 heterocycles. The third kappa shape index (κ3) is 7.81. The van der Waals surface area contributed by atoms with E-state index in [1.54, 1.807) is 4.68 Å². The van der Waals surface area contributed by atoms with Gasteiger partial charge in [-0.25, -0.2) is 4.68 Å². The van der Waals surface area contributed by atoms with E-state index in [-0.39, 0.29) is 23.8 Å². The van der Waals surface area contributed by atoms with E-state index in [1.807, 2.05) is 25.1 Å². The number of amides is 2. The largest absolute Gasteiger partial charge is 0.347 e. The van der Waals surface area contributed by atoms with Gasteiger partial charge < -0.3 is 10.6 Å². The summed E-state index contributed by atoms with van der Waals surface area (Å²) in [6.07, 6.45) is 7.26. The molecule has 1 aromatic heterocycles. The summed E-state index contributed by atoms with van der Waals surface area (Å²) in [4.78, 5) is 24.7. The Bertz CT molecular complexity index is 909. The second-order valence-corrected chi connectivity index (χ2v) is 9.71. The molecule has 0 saturated heterocycles. The Morgan fingerprint density at radius 1 is 0.969 bits per heavy atom. The number of aromatic nitrogens is 2. The number of hydrogen-bond acceptors (Lipinski definition) is 3. The van der Waals surface area contributed by atoms with Crippen LogP contribution in [0.15, 0.2) is 24.3 Å². The number of rotatable bonds is 11. The Morgan fingerprint density at radius 2 is 1.66 bits per heavy atom.